The summed E-state index contributed by atoms with van der Waals surface area (Å²) in [6.07, 6.45) is 0. The third kappa shape index (κ3) is 4.76. The van der Waals surface area contributed by atoms with Gasteiger partial charge in [0.1, 0.15) is 11.5 Å². The number of benzene rings is 1. The Morgan fingerprint density at radius 1 is 1.24 bits per heavy atom. The first-order chi connectivity index (χ1) is 10.0. The van der Waals surface area contributed by atoms with Gasteiger partial charge in [0.05, 0.1) is 19.1 Å². The first-order valence-electron chi connectivity index (χ1n) is 7.13. The van der Waals surface area contributed by atoms with Crippen molar-refractivity contribution in [3.05, 3.63) is 59.5 Å². The molecular formula is C17H22N2O2. The van der Waals surface area contributed by atoms with Gasteiger partial charge in [-0.2, -0.15) is 0 Å². The van der Waals surface area contributed by atoms with Crippen molar-refractivity contribution in [3.8, 4) is 0 Å². The van der Waals surface area contributed by atoms with E-state index in [1.54, 1.807) is 0 Å². The lowest BCUT2D eigenvalue weighted by molar-refractivity contribution is -0.122. The number of hydrogen-bond acceptors (Lipinski definition) is 3. The molecule has 2 aromatic rings. The summed E-state index contributed by atoms with van der Waals surface area (Å²) in [5, 5.41) is 3.01. The third-order valence-corrected chi connectivity index (χ3v) is 3.31. The minimum atomic E-state index is 0.0112. The topological polar surface area (TPSA) is 45.5 Å². The van der Waals surface area contributed by atoms with E-state index in [2.05, 4.69) is 5.32 Å². The summed E-state index contributed by atoms with van der Waals surface area (Å²) in [5.74, 6) is 1.77. The molecule has 0 saturated carbocycles. The van der Waals surface area contributed by atoms with Gasteiger partial charge in [0, 0.05) is 0 Å². The van der Waals surface area contributed by atoms with Crippen LogP contribution in [0.3, 0.4) is 0 Å². The van der Waals surface area contributed by atoms with E-state index >= 15 is 0 Å². The summed E-state index contributed by atoms with van der Waals surface area (Å²) >= 11 is 0. The van der Waals surface area contributed by atoms with Gasteiger partial charge in [-0.1, -0.05) is 30.3 Å². The van der Waals surface area contributed by atoms with Crippen LogP contribution in [0, 0.1) is 6.92 Å². The van der Waals surface area contributed by atoms with E-state index in [9.17, 15) is 4.79 Å². The van der Waals surface area contributed by atoms with Crippen LogP contribution in [0.15, 0.2) is 46.9 Å². The molecular weight excluding hydrogens is 264 g/mol. The third-order valence-electron chi connectivity index (χ3n) is 3.31. The summed E-state index contributed by atoms with van der Waals surface area (Å²) in [6.45, 7) is 4.87. The molecule has 1 amide bonds. The summed E-state index contributed by atoms with van der Waals surface area (Å²) in [4.78, 5) is 14.0. The molecule has 21 heavy (non-hydrogen) atoms. The Labute approximate surface area is 125 Å². The lowest BCUT2D eigenvalue weighted by atomic mass is 10.1. The molecule has 4 heteroatoms. The lowest BCUT2D eigenvalue weighted by Gasteiger charge is -2.18. The average molecular weight is 286 g/mol. The summed E-state index contributed by atoms with van der Waals surface area (Å²) < 4.78 is 5.51. The zero-order chi connectivity index (χ0) is 15.2. The number of aryl methyl sites for hydroxylation is 1. The van der Waals surface area contributed by atoms with Crippen LogP contribution < -0.4 is 5.32 Å². The Balaban J connectivity index is 1.81. The molecule has 1 aromatic heterocycles. The monoisotopic (exact) mass is 286 g/mol. The van der Waals surface area contributed by atoms with Gasteiger partial charge in [-0.05, 0) is 38.6 Å². The second-order valence-corrected chi connectivity index (χ2v) is 5.38. The van der Waals surface area contributed by atoms with Crippen molar-refractivity contribution >= 4 is 5.91 Å². The lowest BCUT2D eigenvalue weighted by Crippen LogP contribution is -2.36. The molecule has 0 bridgehead atoms. The molecule has 0 saturated heterocycles. The van der Waals surface area contributed by atoms with Crippen LogP contribution in [0.25, 0.3) is 0 Å². The Kier molecular flexibility index (Phi) is 5.17. The highest BCUT2D eigenvalue weighted by Gasteiger charge is 2.12. The first-order valence-corrected chi connectivity index (χ1v) is 7.13. The molecule has 1 N–H and O–H groups in total. The van der Waals surface area contributed by atoms with Crippen LogP contribution in [0.1, 0.15) is 30.0 Å². The van der Waals surface area contributed by atoms with Gasteiger partial charge in [-0.3, -0.25) is 9.69 Å². The van der Waals surface area contributed by atoms with Gasteiger partial charge in [-0.15, -0.1) is 0 Å². The maximum absolute atomic E-state index is 12.0. The minimum absolute atomic E-state index is 0.0112. The van der Waals surface area contributed by atoms with Crippen LogP contribution in [-0.4, -0.2) is 24.4 Å². The second kappa shape index (κ2) is 7.09. The maximum atomic E-state index is 12.0. The Bertz CT molecular complexity index is 577. The standard InChI is InChI=1S/C17H22N2O2/c1-13-9-10-16(21-13)11-19(3)12-17(20)18-14(2)15-7-5-4-6-8-15/h4-10,14H,11-12H2,1-3H3,(H,18,20)/t14-/m1/s1. The van der Waals surface area contributed by atoms with E-state index in [1.807, 2.05) is 68.3 Å². The van der Waals surface area contributed by atoms with Crippen LogP contribution >= 0.6 is 0 Å². The molecule has 0 aliphatic heterocycles. The van der Waals surface area contributed by atoms with E-state index in [4.69, 9.17) is 4.42 Å². The van der Waals surface area contributed by atoms with Crippen molar-refractivity contribution in [2.75, 3.05) is 13.6 Å². The van der Waals surface area contributed by atoms with E-state index < -0.39 is 0 Å². The van der Waals surface area contributed by atoms with E-state index in [0.717, 1.165) is 17.1 Å². The molecule has 1 aromatic carbocycles. The predicted molar refractivity (Wildman–Crippen MR) is 82.8 cm³/mol. The number of hydrogen-bond donors (Lipinski definition) is 1. The molecule has 2 rings (SSSR count). The minimum Gasteiger partial charge on any atom is -0.465 e. The molecule has 0 fully saturated rings. The smallest absolute Gasteiger partial charge is 0.234 e. The Morgan fingerprint density at radius 3 is 2.57 bits per heavy atom. The van der Waals surface area contributed by atoms with Gasteiger partial charge in [-0.25, -0.2) is 0 Å². The predicted octanol–water partition coefficient (Wildman–Crippen LogP) is 2.90. The highest BCUT2D eigenvalue weighted by molar-refractivity contribution is 5.78. The number of likely N-dealkylation sites (N-methyl/N-ethyl adjacent to an activating group) is 1. The van der Waals surface area contributed by atoms with Crippen LogP contribution in [0.4, 0.5) is 0 Å². The van der Waals surface area contributed by atoms with Crippen molar-refractivity contribution in [1.82, 2.24) is 10.2 Å². The van der Waals surface area contributed by atoms with Crippen LogP contribution in [0.2, 0.25) is 0 Å². The second-order valence-electron chi connectivity index (χ2n) is 5.38. The molecule has 1 atom stereocenters. The van der Waals surface area contributed by atoms with Crippen molar-refractivity contribution in [2.45, 2.75) is 26.4 Å². The van der Waals surface area contributed by atoms with Crippen molar-refractivity contribution in [3.63, 3.8) is 0 Å². The highest BCUT2D eigenvalue weighted by atomic mass is 16.3. The first kappa shape index (κ1) is 15.3. The van der Waals surface area contributed by atoms with Crippen LogP contribution in [0.5, 0.6) is 0 Å². The van der Waals surface area contributed by atoms with Gasteiger partial charge in [0.15, 0.2) is 0 Å². The molecule has 4 nitrogen and oxygen atoms in total. The number of nitrogens with one attached hydrogen (secondary N) is 1. The normalized spacial score (nSPS) is 12.4. The Morgan fingerprint density at radius 2 is 1.95 bits per heavy atom. The van der Waals surface area contributed by atoms with E-state index in [0.29, 0.717) is 13.1 Å². The fourth-order valence-corrected chi connectivity index (χ4v) is 2.25. The Hall–Kier alpha value is -2.07. The molecule has 0 aliphatic carbocycles. The molecule has 112 valence electrons. The van der Waals surface area contributed by atoms with Crippen LogP contribution in [-0.2, 0) is 11.3 Å². The molecule has 0 radical (unpaired) electrons. The van der Waals surface area contributed by atoms with E-state index in [1.165, 1.54) is 0 Å². The van der Waals surface area contributed by atoms with Gasteiger partial charge < -0.3 is 9.73 Å². The molecule has 0 unspecified atom stereocenters. The van der Waals surface area contributed by atoms with Gasteiger partial charge in [0.25, 0.3) is 0 Å². The number of furan rings is 1. The number of carbonyl (C=O) groups is 1. The summed E-state index contributed by atoms with van der Waals surface area (Å²) in [5.41, 5.74) is 1.11. The van der Waals surface area contributed by atoms with Crippen molar-refractivity contribution < 1.29 is 9.21 Å². The zero-order valence-corrected chi connectivity index (χ0v) is 12.8. The quantitative estimate of drug-likeness (QED) is 0.888. The summed E-state index contributed by atoms with van der Waals surface area (Å²) in [7, 11) is 1.91. The van der Waals surface area contributed by atoms with Gasteiger partial charge in [0.2, 0.25) is 5.91 Å². The number of rotatable bonds is 6. The number of nitrogens with zero attached hydrogens (tertiary/aromatic N) is 1. The summed E-state index contributed by atoms with van der Waals surface area (Å²) in [6, 6.07) is 13.8. The fourth-order valence-electron chi connectivity index (χ4n) is 2.25. The van der Waals surface area contributed by atoms with E-state index in [-0.39, 0.29) is 11.9 Å². The molecule has 0 aliphatic rings. The average Bonchev–Trinajstić information content (AvgIpc) is 2.84. The van der Waals surface area contributed by atoms with Crippen molar-refractivity contribution in [1.29, 1.82) is 0 Å². The number of carbonyl (C=O) groups excluding carboxylic acids is 1. The largest absolute Gasteiger partial charge is 0.465 e. The molecule has 1 heterocycles. The fraction of sp³-hybridized carbons (Fsp3) is 0.353. The number of amides is 1. The highest BCUT2D eigenvalue weighted by Crippen LogP contribution is 2.11. The SMILES string of the molecule is Cc1ccc(CN(C)CC(=O)N[C@H](C)c2ccccc2)o1. The zero-order valence-electron chi connectivity index (χ0n) is 12.8. The van der Waals surface area contributed by atoms with Gasteiger partial charge >= 0.3 is 0 Å². The molecule has 0 spiro atoms. The van der Waals surface area contributed by atoms with Crippen molar-refractivity contribution in [2.24, 2.45) is 0 Å². The maximum Gasteiger partial charge on any atom is 0.234 e.